The molecule has 2 fully saturated rings. The van der Waals surface area contributed by atoms with Crippen molar-refractivity contribution < 1.29 is 37.9 Å². The minimum atomic E-state index is 0.589. The summed E-state index contributed by atoms with van der Waals surface area (Å²) >= 11 is 0. The molecule has 2 aromatic rings. The summed E-state index contributed by atoms with van der Waals surface area (Å²) in [7, 11) is 0. The minimum absolute atomic E-state index is 0.589. The van der Waals surface area contributed by atoms with Crippen LogP contribution in [0.25, 0.3) is 0 Å². The number of hydrogen-bond acceptors (Lipinski definition) is 12. The van der Waals surface area contributed by atoms with Gasteiger partial charge in [0.1, 0.15) is 0 Å². The first-order chi connectivity index (χ1) is 25.8. The molecule has 8 bridgehead atoms. The van der Waals surface area contributed by atoms with Crippen molar-refractivity contribution in [2.45, 2.75) is 26.2 Å². The van der Waals surface area contributed by atoms with E-state index in [0.29, 0.717) is 106 Å². The molecular weight excluding hydrogens is 664 g/mol. The molecule has 0 aliphatic carbocycles. The van der Waals surface area contributed by atoms with Crippen LogP contribution in [0.4, 0.5) is 0 Å². The molecule has 0 aromatic heterocycles. The van der Waals surface area contributed by atoms with Crippen LogP contribution in [0.3, 0.4) is 0 Å². The van der Waals surface area contributed by atoms with Crippen LogP contribution < -0.4 is 0 Å². The van der Waals surface area contributed by atoms with Crippen LogP contribution in [0.5, 0.6) is 0 Å². The molecule has 12 heteroatoms. The lowest BCUT2D eigenvalue weighted by Gasteiger charge is -2.25. The Labute approximate surface area is 312 Å². The molecular formula is C40H64N4O8. The van der Waals surface area contributed by atoms with Crippen LogP contribution in [0.1, 0.15) is 22.3 Å². The van der Waals surface area contributed by atoms with Gasteiger partial charge in [-0.1, -0.05) is 48.5 Å². The zero-order valence-corrected chi connectivity index (χ0v) is 31.5. The Bertz CT molecular complexity index is 956. The van der Waals surface area contributed by atoms with Gasteiger partial charge >= 0.3 is 0 Å². The Morgan fingerprint density at radius 2 is 0.385 bits per heavy atom. The van der Waals surface area contributed by atoms with E-state index in [2.05, 4.69) is 68.1 Å². The highest BCUT2D eigenvalue weighted by atomic mass is 16.5. The SMILES string of the molecule is c1cc2ccc1CN1CCOCCOCCN(CCOCCOCC1)Cc1ccc(cc1)CN1CCOCCOCCN(CCOCCOCC1)C2. The fourth-order valence-corrected chi connectivity index (χ4v) is 6.45. The van der Waals surface area contributed by atoms with Gasteiger partial charge in [-0.2, -0.15) is 0 Å². The molecule has 0 amide bonds. The minimum Gasteiger partial charge on any atom is -0.378 e. The molecule has 292 valence electrons. The molecule has 0 spiro atoms. The highest BCUT2D eigenvalue weighted by molar-refractivity contribution is 5.23. The molecule has 52 heavy (non-hydrogen) atoms. The summed E-state index contributed by atoms with van der Waals surface area (Å²) in [5.41, 5.74) is 5.11. The largest absolute Gasteiger partial charge is 0.378 e. The molecule has 0 N–H and O–H groups in total. The van der Waals surface area contributed by atoms with Crippen molar-refractivity contribution in [3.8, 4) is 0 Å². The van der Waals surface area contributed by atoms with Gasteiger partial charge in [-0.15, -0.1) is 0 Å². The number of ether oxygens (including phenoxy) is 8. The lowest BCUT2D eigenvalue weighted by Crippen LogP contribution is -2.33. The van der Waals surface area contributed by atoms with Gasteiger partial charge in [0.25, 0.3) is 0 Å². The average Bonchev–Trinajstić information content (AvgIpc) is 3.15. The Balaban J connectivity index is 1.28. The third kappa shape index (κ3) is 17.4. The second kappa shape index (κ2) is 25.9. The summed E-state index contributed by atoms with van der Waals surface area (Å²) in [6, 6.07) is 18.0. The Kier molecular flexibility index (Phi) is 20.5. The van der Waals surface area contributed by atoms with E-state index in [0.717, 1.165) is 78.5 Å². The van der Waals surface area contributed by atoms with E-state index in [1.165, 1.54) is 22.3 Å². The highest BCUT2D eigenvalue weighted by Gasteiger charge is 2.13. The second-order valence-corrected chi connectivity index (χ2v) is 13.6. The smallest absolute Gasteiger partial charge is 0.0701 e. The molecule has 12 aliphatic rings. The third-order valence-corrected chi connectivity index (χ3v) is 9.57. The van der Waals surface area contributed by atoms with Gasteiger partial charge in [0.05, 0.1) is 106 Å². The molecule has 12 nitrogen and oxygen atoms in total. The summed E-state index contributed by atoms with van der Waals surface area (Å²) < 4.78 is 48.0. The topological polar surface area (TPSA) is 86.8 Å². The lowest BCUT2D eigenvalue weighted by atomic mass is 10.1. The first kappa shape index (κ1) is 41.1. The molecule has 0 saturated carbocycles. The van der Waals surface area contributed by atoms with E-state index in [9.17, 15) is 0 Å². The van der Waals surface area contributed by atoms with Crippen LogP contribution in [0.2, 0.25) is 0 Å². The molecule has 14 rings (SSSR count). The standard InChI is InChI=1S/C40H64N4O8/c1-2-38-4-3-37(1)33-41-9-17-45-25-27-49-21-13-43(14-22-50-28-26-46-18-10-41)35-39-5-7-40(8-6-39)36-44-15-23-51-31-29-47-19-11-42(34-38)12-20-48-30-32-52-24-16-44/h1-8H,9-36H2. The van der Waals surface area contributed by atoms with Crippen LogP contribution in [-0.2, 0) is 64.1 Å². The first-order valence-corrected chi connectivity index (χ1v) is 19.5. The Morgan fingerprint density at radius 3 is 0.538 bits per heavy atom. The van der Waals surface area contributed by atoms with Crippen molar-refractivity contribution in [2.24, 2.45) is 0 Å². The fraction of sp³-hybridized carbons (Fsp3) is 0.700. The lowest BCUT2D eigenvalue weighted by molar-refractivity contribution is 0.00604. The van der Waals surface area contributed by atoms with Gasteiger partial charge in [0, 0.05) is 78.5 Å². The molecule has 0 radical (unpaired) electrons. The Morgan fingerprint density at radius 1 is 0.231 bits per heavy atom. The van der Waals surface area contributed by atoms with Gasteiger partial charge in [0.15, 0.2) is 0 Å². The van der Waals surface area contributed by atoms with Crippen molar-refractivity contribution in [1.82, 2.24) is 19.6 Å². The van der Waals surface area contributed by atoms with Crippen molar-refractivity contribution in [3.63, 3.8) is 0 Å². The van der Waals surface area contributed by atoms with Gasteiger partial charge in [0.2, 0.25) is 0 Å². The predicted molar refractivity (Wildman–Crippen MR) is 201 cm³/mol. The summed E-state index contributed by atoms with van der Waals surface area (Å²) in [4.78, 5) is 9.61. The normalized spacial score (nSPS) is 27.5. The maximum Gasteiger partial charge on any atom is 0.0701 e. The number of benzene rings is 2. The van der Waals surface area contributed by atoms with E-state index >= 15 is 0 Å². The van der Waals surface area contributed by atoms with E-state index in [1.54, 1.807) is 0 Å². The molecule has 2 saturated heterocycles. The number of hydrogen-bond donors (Lipinski definition) is 0. The molecule has 0 atom stereocenters. The molecule has 12 heterocycles. The zero-order valence-electron chi connectivity index (χ0n) is 31.5. The Hall–Kier alpha value is -2.04. The van der Waals surface area contributed by atoms with Crippen molar-refractivity contribution in [3.05, 3.63) is 70.8 Å². The fourth-order valence-electron chi connectivity index (χ4n) is 6.45. The van der Waals surface area contributed by atoms with E-state index < -0.39 is 0 Å². The quantitative estimate of drug-likeness (QED) is 0.400. The van der Waals surface area contributed by atoms with Crippen LogP contribution in [0.15, 0.2) is 48.5 Å². The zero-order chi connectivity index (χ0) is 35.7. The maximum absolute atomic E-state index is 6.01. The summed E-state index contributed by atoms with van der Waals surface area (Å²) in [5.74, 6) is 0. The van der Waals surface area contributed by atoms with Gasteiger partial charge in [-0.25, -0.2) is 0 Å². The van der Waals surface area contributed by atoms with Crippen molar-refractivity contribution in [1.29, 1.82) is 0 Å². The molecule has 0 unspecified atom stereocenters. The van der Waals surface area contributed by atoms with Crippen molar-refractivity contribution >= 4 is 0 Å². The molecule has 2 aromatic carbocycles. The average molecular weight is 729 g/mol. The predicted octanol–water partition coefficient (Wildman–Crippen LogP) is 2.77. The number of nitrogens with zero attached hydrogens (tertiary/aromatic N) is 4. The monoisotopic (exact) mass is 728 g/mol. The van der Waals surface area contributed by atoms with Gasteiger partial charge in [-0.3, -0.25) is 19.6 Å². The van der Waals surface area contributed by atoms with Gasteiger partial charge in [-0.05, 0) is 22.3 Å². The van der Waals surface area contributed by atoms with E-state index in [4.69, 9.17) is 37.9 Å². The van der Waals surface area contributed by atoms with Crippen LogP contribution in [-0.4, -0.2) is 178 Å². The number of rotatable bonds is 0. The molecule has 12 aliphatic heterocycles. The highest BCUT2D eigenvalue weighted by Crippen LogP contribution is 2.13. The first-order valence-electron chi connectivity index (χ1n) is 19.5. The summed E-state index contributed by atoms with van der Waals surface area (Å²) in [6.45, 7) is 19.9. The van der Waals surface area contributed by atoms with Crippen LogP contribution >= 0.6 is 0 Å². The van der Waals surface area contributed by atoms with E-state index in [-0.39, 0.29) is 0 Å². The summed E-state index contributed by atoms with van der Waals surface area (Å²) in [6.07, 6.45) is 0. The van der Waals surface area contributed by atoms with Crippen molar-refractivity contribution in [2.75, 3.05) is 158 Å². The van der Waals surface area contributed by atoms with Gasteiger partial charge < -0.3 is 37.9 Å². The maximum atomic E-state index is 6.01. The second-order valence-electron chi connectivity index (χ2n) is 13.6. The van der Waals surface area contributed by atoms with E-state index in [1.807, 2.05) is 0 Å². The summed E-state index contributed by atoms with van der Waals surface area (Å²) in [5, 5.41) is 0. The van der Waals surface area contributed by atoms with Crippen LogP contribution in [0, 0.1) is 0 Å². The third-order valence-electron chi connectivity index (χ3n) is 9.57.